The molecule has 4 rings (SSSR count). The lowest BCUT2D eigenvalue weighted by Gasteiger charge is -2.28. The molecule has 0 aliphatic carbocycles. The van der Waals surface area contributed by atoms with Crippen LogP contribution in [0.1, 0.15) is 24.0 Å². The number of nitriles is 2. The van der Waals surface area contributed by atoms with E-state index in [1.807, 2.05) is 18.2 Å². The van der Waals surface area contributed by atoms with Gasteiger partial charge in [0.25, 0.3) is 0 Å². The summed E-state index contributed by atoms with van der Waals surface area (Å²) < 4.78 is 0. The number of halogens is 1. The molecule has 3 aromatic rings. The summed E-state index contributed by atoms with van der Waals surface area (Å²) >= 11 is 6.32. The monoisotopic (exact) mass is 372 g/mol. The Morgan fingerprint density at radius 3 is 2.78 bits per heavy atom. The van der Waals surface area contributed by atoms with E-state index in [-0.39, 0.29) is 0 Å². The van der Waals surface area contributed by atoms with Gasteiger partial charge in [-0.25, -0.2) is 0 Å². The molecule has 0 saturated heterocycles. The van der Waals surface area contributed by atoms with Gasteiger partial charge in [0.05, 0.1) is 46.1 Å². The highest BCUT2D eigenvalue weighted by Crippen LogP contribution is 2.42. The summed E-state index contributed by atoms with van der Waals surface area (Å²) in [6, 6.07) is 12.0. The van der Waals surface area contributed by atoms with E-state index < -0.39 is 11.8 Å². The third kappa shape index (κ3) is 2.77. The molecular weight excluding hydrogens is 360 g/mol. The summed E-state index contributed by atoms with van der Waals surface area (Å²) in [7, 11) is 0. The number of aliphatic imine (C=N–C) groups is 1. The predicted molar refractivity (Wildman–Crippen MR) is 103 cm³/mol. The van der Waals surface area contributed by atoms with Gasteiger partial charge >= 0.3 is 0 Å². The molecule has 2 aromatic heterocycles. The molecule has 1 aliphatic rings. The quantitative estimate of drug-likeness (QED) is 0.726. The highest BCUT2D eigenvalue weighted by molar-refractivity contribution is 6.32. The van der Waals surface area contributed by atoms with Crippen molar-refractivity contribution < 1.29 is 0 Å². The minimum absolute atomic E-state index is 0.407. The molecule has 130 valence electrons. The second-order valence-corrected chi connectivity index (χ2v) is 6.69. The van der Waals surface area contributed by atoms with E-state index in [0.29, 0.717) is 27.6 Å². The van der Waals surface area contributed by atoms with Crippen LogP contribution in [0.15, 0.2) is 53.4 Å². The van der Waals surface area contributed by atoms with Crippen LogP contribution in [0.2, 0.25) is 5.02 Å². The third-order valence-electron chi connectivity index (χ3n) is 4.74. The van der Waals surface area contributed by atoms with Gasteiger partial charge in [-0.3, -0.25) is 15.1 Å². The Hall–Kier alpha value is -3.48. The Morgan fingerprint density at radius 2 is 2.04 bits per heavy atom. The normalized spacial score (nSPS) is 19.5. The van der Waals surface area contributed by atoms with Crippen molar-refractivity contribution in [1.29, 1.82) is 10.5 Å². The number of nitrogens with zero attached hydrogens (tertiary/aromatic N) is 5. The van der Waals surface area contributed by atoms with Crippen LogP contribution in [-0.4, -0.2) is 20.9 Å². The molecule has 1 aliphatic heterocycles. The molecule has 3 heterocycles. The van der Waals surface area contributed by atoms with Gasteiger partial charge in [-0.15, -0.1) is 0 Å². The lowest BCUT2D eigenvalue weighted by molar-refractivity contribution is 0.720. The van der Waals surface area contributed by atoms with Crippen LogP contribution in [0.25, 0.3) is 16.6 Å². The summed E-state index contributed by atoms with van der Waals surface area (Å²) in [4.78, 5) is 8.66. The number of hydrogen-bond acceptors (Lipinski definition) is 5. The van der Waals surface area contributed by atoms with Crippen molar-refractivity contribution in [2.45, 2.75) is 12.8 Å². The fourth-order valence-corrected chi connectivity index (χ4v) is 3.62. The van der Waals surface area contributed by atoms with Crippen molar-refractivity contribution in [2.24, 2.45) is 10.9 Å². The second-order valence-electron chi connectivity index (χ2n) is 6.28. The molecule has 0 radical (unpaired) electrons. The van der Waals surface area contributed by atoms with Crippen LogP contribution in [0.4, 0.5) is 0 Å². The van der Waals surface area contributed by atoms with Gasteiger partial charge in [-0.2, -0.15) is 15.6 Å². The zero-order valence-electron chi connectivity index (χ0n) is 14.3. The molecule has 0 saturated carbocycles. The maximum atomic E-state index is 9.95. The Balaban J connectivity index is 1.97. The van der Waals surface area contributed by atoms with Crippen molar-refractivity contribution in [3.63, 3.8) is 0 Å². The molecule has 0 fully saturated rings. The summed E-state index contributed by atoms with van der Waals surface area (Å²) in [6.07, 6.45) is 4.90. The minimum atomic E-state index is -0.539. The van der Waals surface area contributed by atoms with Gasteiger partial charge in [0, 0.05) is 35.0 Å². The highest BCUT2D eigenvalue weighted by Gasteiger charge is 2.36. The van der Waals surface area contributed by atoms with Crippen LogP contribution >= 0.6 is 11.6 Å². The topological polar surface area (TPSA) is 102 Å². The van der Waals surface area contributed by atoms with Crippen LogP contribution in [0, 0.1) is 28.6 Å². The van der Waals surface area contributed by atoms with Gasteiger partial charge in [-0.05, 0) is 30.7 Å². The summed E-state index contributed by atoms with van der Waals surface area (Å²) in [5.41, 5.74) is 3.86. The Labute approximate surface area is 160 Å². The Morgan fingerprint density at radius 1 is 1.19 bits per heavy atom. The lowest BCUT2D eigenvalue weighted by atomic mass is 9.76. The highest BCUT2D eigenvalue weighted by atomic mass is 35.5. The number of rotatable bonds is 2. The van der Waals surface area contributed by atoms with Crippen LogP contribution < -0.4 is 0 Å². The molecule has 1 aromatic carbocycles. The lowest BCUT2D eigenvalue weighted by Crippen LogP contribution is -2.25. The Bertz CT molecular complexity index is 1190. The average molecular weight is 373 g/mol. The molecule has 27 heavy (non-hydrogen) atoms. The van der Waals surface area contributed by atoms with Crippen molar-refractivity contribution in [3.8, 4) is 12.1 Å². The van der Waals surface area contributed by atoms with E-state index in [1.165, 1.54) is 0 Å². The number of hydrogen-bond donors (Lipinski definition) is 1. The average Bonchev–Trinajstić information content (AvgIpc) is 3.15. The molecule has 0 bridgehead atoms. The fourth-order valence-electron chi connectivity index (χ4n) is 3.42. The fraction of sp³-hybridized carbons (Fsp3) is 0.150. The van der Waals surface area contributed by atoms with E-state index in [4.69, 9.17) is 11.6 Å². The van der Waals surface area contributed by atoms with E-state index >= 15 is 0 Å². The van der Waals surface area contributed by atoms with Crippen LogP contribution in [0.3, 0.4) is 0 Å². The number of fused-ring (bicyclic) bond motifs is 1. The van der Waals surface area contributed by atoms with Gasteiger partial charge in [-0.1, -0.05) is 17.7 Å². The molecular formula is C20H13ClN6. The van der Waals surface area contributed by atoms with Crippen molar-refractivity contribution in [2.75, 3.05) is 0 Å². The maximum Gasteiger partial charge on any atom is 0.0977 e. The van der Waals surface area contributed by atoms with Gasteiger partial charge < -0.3 is 0 Å². The summed E-state index contributed by atoms with van der Waals surface area (Å²) in [6.45, 7) is 1.80. The second kappa shape index (κ2) is 6.68. The van der Waals surface area contributed by atoms with Crippen LogP contribution in [0.5, 0.6) is 0 Å². The molecule has 2 atom stereocenters. The number of allylic oxidation sites excluding steroid dienone is 1. The van der Waals surface area contributed by atoms with Crippen LogP contribution in [-0.2, 0) is 0 Å². The number of pyridine rings is 1. The first-order chi connectivity index (χ1) is 13.1. The number of aromatic nitrogens is 3. The van der Waals surface area contributed by atoms with E-state index in [1.54, 1.807) is 31.6 Å². The number of H-pyrrole nitrogens is 1. The molecule has 6 nitrogen and oxygen atoms in total. The zero-order valence-corrected chi connectivity index (χ0v) is 15.1. The van der Waals surface area contributed by atoms with Crippen molar-refractivity contribution in [1.82, 2.24) is 15.2 Å². The minimum Gasteiger partial charge on any atom is -0.278 e. The van der Waals surface area contributed by atoms with E-state index in [9.17, 15) is 10.5 Å². The van der Waals surface area contributed by atoms with Gasteiger partial charge in [0.15, 0.2) is 0 Å². The number of benzene rings is 1. The summed E-state index contributed by atoms with van der Waals surface area (Å²) in [5, 5.41) is 28.0. The number of aromatic amines is 1. The first-order valence-electron chi connectivity index (χ1n) is 8.26. The van der Waals surface area contributed by atoms with Gasteiger partial charge in [0.2, 0.25) is 0 Å². The largest absolute Gasteiger partial charge is 0.278 e. The Kier molecular flexibility index (Phi) is 4.19. The van der Waals surface area contributed by atoms with E-state index in [0.717, 1.165) is 16.5 Å². The third-order valence-corrected chi connectivity index (χ3v) is 5.07. The zero-order chi connectivity index (χ0) is 19.0. The van der Waals surface area contributed by atoms with E-state index in [2.05, 4.69) is 32.3 Å². The van der Waals surface area contributed by atoms with Crippen molar-refractivity contribution in [3.05, 3.63) is 64.6 Å². The van der Waals surface area contributed by atoms with Crippen molar-refractivity contribution >= 4 is 33.9 Å². The molecule has 0 spiro atoms. The van der Waals surface area contributed by atoms with Gasteiger partial charge in [0.1, 0.15) is 0 Å². The predicted octanol–water partition coefficient (Wildman–Crippen LogP) is 4.24. The summed E-state index contributed by atoms with van der Waals surface area (Å²) in [5.74, 6) is -0.980. The molecule has 7 heteroatoms. The SMILES string of the molecule is CC1=NC(c2cnccc2Cl)=C(C#N)C(c2ccc3[nH]ncc3c2)C1C#N. The first kappa shape index (κ1) is 17.0. The number of nitrogens with one attached hydrogen (secondary N) is 1. The molecule has 2 unspecified atom stereocenters. The smallest absolute Gasteiger partial charge is 0.0977 e. The first-order valence-corrected chi connectivity index (χ1v) is 8.64. The maximum absolute atomic E-state index is 9.95. The standard InChI is InChI=1S/C20H13ClN6/c1-11-14(7-22)19(12-2-3-18-13(6-12)9-25-27-18)15(8-23)20(26-11)16-10-24-5-4-17(16)21/h2-6,9-10,14,19H,1H3,(H,25,27). The molecule has 1 N–H and O–H groups in total. The molecule has 0 amide bonds.